The van der Waals surface area contributed by atoms with Gasteiger partial charge in [0.05, 0.1) is 0 Å². The minimum atomic E-state index is -1.05. The van der Waals surface area contributed by atoms with Crippen molar-refractivity contribution in [3.63, 3.8) is 0 Å². The summed E-state index contributed by atoms with van der Waals surface area (Å²) >= 11 is 0. The van der Waals surface area contributed by atoms with Crippen LogP contribution in [0.5, 0.6) is 0 Å². The summed E-state index contributed by atoms with van der Waals surface area (Å²) in [6.45, 7) is 4.13. The molecule has 31 heavy (non-hydrogen) atoms. The fourth-order valence-corrected chi connectivity index (χ4v) is 4.51. The van der Waals surface area contributed by atoms with Gasteiger partial charge in [-0.15, -0.1) is 0 Å². The molecule has 0 atom stereocenters. The first-order chi connectivity index (χ1) is 15.2. The lowest BCUT2D eigenvalue weighted by Gasteiger charge is -2.51. The third kappa shape index (κ3) is 2.89. The highest BCUT2D eigenvalue weighted by atomic mass is 16.7. The summed E-state index contributed by atoms with van der Waals surface area (Å²) in [4.78, 5) is 25.6. The summed E-state index contributed by atoms with van der Waals surface area (Å²) in [5.41, 5.74) is 4.89. The number of amides is 1. The third-order valence-corrected chi connectivity index (χ3v) is 5.97. The van der Waals surface area contributed by atoms with Crippen molar-refractivity contribution in [1.82, 2.24) is 10.1 Å². The van der Waals surface area contributed by atoms with Gasteiger partial charge in [-0.3, -0.25) is 14.5 Å². The lowest BCUT2D eigenvalue weighted by atomic mass is 9.94. The molecule has 1 amide bonds. The van der Waals surface area contributed by atoms with Crippen LogP contribution in [0.3, 0.4) is 0 Å². The predicted molar refractivity (Wildman–Crippen MR) is 118 cm³/mol. The second-order valence-electron chi connectivity index (χ2n) is 7.71. The zero-order valence-corrected chi connectivity index (χ0v) is 17.6. The topological polar surface area (TPSA) is 42.0 Å². The predicted octanol–water partition coefficient (Wildman–Crippen LogP) is 5.00. The summed E-state index contributed by atoms with van der Waals surface area (Å²) in [6.07, 6.45) is 1.98. The normalized spacial score (nSPS) is 17.1. The summed E-state index contributed by atoms with van der Waals surface area (Å²) in [5.74, 6) is -0.220. The highest BCUT2D eigenvalue weighted by Crippen LogP contribution is 2.55. The van der Waals surface area contributed by atoms with Crippen molar-refractivity contribution in [3.8, 4) is 11.1 Å². The maximum absolute atomic E-state index is 13.3. The van der Waals surface area contributed by atoms with Crippen LogP contribution in [0.2, 0.25) is 0 Å². The van der Waals surface area contributed by atoms with Gasteiger partial charge in [0.1, 0.15) is 6.61 Å². The molecule has 0 unspecified atom stereocenters. The molecule has 0 N–H and O–H groups in total. The molecule has 0 radical (unpaired) electrons. The number of nitrogens with zero attached hydrogens (tertiary/aromatic N) is 2. The Morgan fingerprint density at radius 1 is 0.968 bits per heavy atom. The number of hydrogen-bond donors (Lipinski definition) is 0. The van der Waals surface area contributed by atoms with E-state index in [9.17, 15) is 4.79 Å². The molecule has 0 aromatic heterocycles. The zero-order valence-electron chi connectivity index (χ0n) is 17.6. The number of carbonyl (C=O) groups excluding carboxylic acids is 1. The summed E-state index contributed by atoms with van der Waals surface area (Å²) in [7, 11) is 0. The molecule has 156 valence electrons. The van der Waals surface area contributed by atoms with Crippen molar-refractivity contribution in [3.05, 3.63) is 107 Å². The average Bonchev–Trinajstić information content (AvgIpc) is 3.10. The van der Waals surface area contributed by atoms with Crippen LogP contribution in [-0.4, -0.2) is 22.6 Å². The first-order valence-electron chi connectivity index (χ1n) is 10.4. The Bertz CT molecular complexity index is 1110. The van der Waals surface area contributed by atoms with E-state index >= 15 is 0 Å². The Morgan fingerprint density at radius 3 is 2.16 bits per heavy atom. The molecule has 0 bridgehead atoms. The maximum Gasteiger partial charge on any atom is 0.277 e. The molecule has 5 nitrogen and oxygen atoms in total. The molecule has 1 aliphatic carbocycles. The first-order valence-corrected chi connectivity index (χ1v) is 10.4. The fraction of sp³-hybridized carbons (Fsp3) is 0.192. The van der Waals surface area contributed by atoms with E-state index < -0.39 is 5.66 Å². The van der Waals surface area contributed by atoms with Crippen LogP contribution in [0.1, 0.15) is 30.5 Å². The molecule has 3 aromatic carbocycles. The Hall–Kier alpha value is -3.41. The van der Waals surface area contributed by atoms with Gasteiger partial charge in [-0.2, -0.15) is 5.06 Å². The highest BCUT2D eigenvalue weighted by Gasteiger charge is 2.58. The summed E-state index contributed by atoms with van der Waals surface area (Å²) in [5, 5.41) is 3.34. The van der Waals surface area contributed by atoms with Gasteiger partial charge < -0.3 is 0 Å². The van der Waals surface area contributed by atoms with Crippen molar-refractivity contribution in [2.45, 2.75) is 26.1 Å². The SMILES string of the molecule is C/C=C(\C)N1OCC(=O)N(OCc2ccccc2)C12c1ccccc1-c1ccccc12. The molecular weight excluding hydrogens is 388 g/mol. The van der Waals surface area contributed by atoms with E-state index in [0.29, 0.717) is 0 Å². The minimum Gasteiger partial charge on any atom is -0.270 e. The Balaban J connectivity index is 1.73. The van der Waals surface area contributed by atoms with Crippen molar-refractivity contribution >= 4 is 5.91 Å². The molecule has 5 rings (SSSR count). The lowest BCUT2D eigenvalue weighted by Crippen LogP contribution is -2.63. The Morgan fingerprint density at radius 2 is 1.55 bits per heavy atom. The van der Waals surface area contributed by atoms with Crippen LogP contribution in [0.15, 0.2) is 90.6 Å². The molecule has 5 heteroatoms. The van der Waals surface area contributed by atoms with Crippen molar-refractivity contribution < 1.29 is 14.5 Å². The Kier molecular flexibility index (Phi) is 4.85. The van der Waals surface area contributed by atoms with Gasteiger partial charge in [-0.25, -0.2) is 5.06 Å². The number of fused-ring (bicyclic) bond motifs is 5. The van der Waals surface area contributed by atoms with E-state index in [1.54, 1.807) is 0 Å². The quantitative estimate of drug-likeness (QED) is 0.605. The van der Waals surface area contributed by atoms with Gasteiger partial charge >= 0.3 is 0 Å². The summed E-state index contributed by atoms with van der Waals surface area (Å²) < 4.78 is 0. The van der Waals surface area contributed by atoms with E-state index in [1.165, 1.54) is 5.06 Å². The van der Waals surface area contributed by atoms with E-state index in [0.717, 1.165) is 33.5 Å². The van der Waals surface area contributed by atoms with Gasteiger partial charge in [-0.1, -0.05) is 84.9 Å². The molecule has 0 saturated carbocycles. The molecular formula is C26H24N2O3. The highest BCUT2D eigenvalue weighted by molar-refractivity contribution is 5.86. The van der Waals surface area contributed by atoms with Crippen LogP contribution in [-0.2, 0) is 26.7 Å². The molecule has 1 heterocycles. The van der Waals surface area contributed by atoms with Crippen LogP contribution >= 0.6 is 0 Å². The lowest BCUT2D eigenvalue weighted by molar-refractivity contribution is -0.340. The minimum absolute atomic E-state index is 0.0912. The van der Waals surface area contributed by atoms with Crippen molar-refractivity contribution in [1.29, 1.82) is 0 Å². The number of rotatable bonds is 4. The van der Waals surface area contributed by atoms with E-state index in [1.807, 2.05) is 91.7 Å². The molecule has 1 aliphatic heterocycles. The maximum atomic E-state index is 13.3. The van der Waals surface area contributed by atoms with Crippen LogP contribution in [0.4, 0.5) is 0 Å². The first kappa shape index (κ1) is 19.5. The van der Waals surface area contributed by atoms with Gasteiger partial charge in [0.25, 0.3) is 5.91 Å². The second-order valence-corrected chi connectivity index (χ2v) is 7.71. The van der Waals surface area contributed by atoms with E-state index in [-0.39, 0.29) is 19.1 Å². The molecule has 1 spiro atoms. The number of benzene rings is 3. The largest absolute Gasteiger partial charge is 0.277 e. The van der Waals surface area contributed by atoms with Gasteiger partial charge in [0, 0.05) is 16.8 Å². The zero-order chi connectivity index (χ0) is 21.4. The standard InChI is InChI=1S/C26H24N2O3/c1-3-19(2)27-26(23-15-9-7-13-21(23)22-14-8-10-16-24(22)26)28(25(29)18-31-27)30-17-20-11-5-4-6-12-20/h3-16H,17-18H2,1-2H3/b19-3+. The number of hydroxylamine groups is 4. The monoisotopic (exact) mass is 412 g/mol. The molecule has 1 fully saturated rings. The smallest absolute Gasteiger partial charge is 0.270 e. The number of allylic oxidation sites excluding steroid dienone is 2. The van der Waals surface area contributed by atoms with Crippen LogP contribution in [0, 0.1) is 0 Å². The Labute approximate surface area is 182 Å². The average molecular weight is 412 g/mol. The van der Waals surface area contributed by atoms with Crippen LogP contribution < -0.4 is 0 Å². The molecule has 3 aromatic rings. The fourth-order valence-electron chi connectivity index (χ4n) is 4.51. The van der Waals surface area contributed by atoms with E-state index in [2.05, 4.69) is 12.1 Å². The molecule has 1 saturated heterocycles. The van der Waals surface area contributed by atoms with Crippen LogP contribution in [0.25, 0.3) is 11.1 Å². The van der Waals surface area contributed by atoms with Gasteiger partial charge in [0.15, 0.2) is 6.61 Å². The van der Waals surface area contributed by atoms with Gasteiger partial charge in [-0.05, 0) is 30.5 Å². The van der Waals surface area contributed by atoms with E-state index in [4.69, 9.17) is 9.68 Å². The van der Waals surface area contributed by atoms with Gasteiger partial charge in [0.2, 0.25) is 5.66 Å². The summed E-state index contributed by atoms with van der Waals surface area (Å²) in [6, 6.07) is 26.1. The van der Waals surface area contributed by atoms with Crippen molar-refractivity contribution in [2.24, 2.45) is 0 Å². The molecule has 2 aliphatic rings. The number of hydrogen-bond acceptors (Lipinski definition) is 4. The van der Waals surface area contributed by atoms with Crippen molar-refractivity contribution in [2.75, 3.05) is 6.61 Å². The number of carbonyl (C=O) groups is 1. The second kappa shape index (κ2) is 7.69. The third-order valence-electron chi connectivity index (χ3n) is 5.97.